The summed E-state index contributed by atoms with van der Waals surface area (Å²) < 4.78 is 27.7. The van der Waals surface area contributed by atoms with Gasteiger partial charge in [0.1, 0.15) is 0 Å². The Hall–Kier alpha value is -1.80. The zero-order chi connectivity index (χ0) is 18.7. The Kier molecular flexibility index (Phi) is 5.72. The first kappa shape index (κ1) is 19.0. The van der Waals surface area contributed by atoms with Crippen molar-refractivity contribution < 1.29 is 13.5 Å². The molecule has 1 N–H and O–H groups in total. The molecule has 0 amide bonds. The van der Waals surface area contributed by atoms with E-state index in [0.29, 0.717) is 13.1 Å². The summed E-state index contributed by atoms with van der Waals surface area (Å²) in [4.78, 5) is 4.79. The Morgan fingerprint density at radius 2 is 2.00 bits per heavy atom. The van der Waals surface area contributed by atoms with Crippen LogP contribution in [0.5, 0.6) is 0 Å². The van der Waals surface area contributed by atoms with Gasteiger partial charge >= 0.3 is 0 Å². The number of rotatable bonds is 5. The lowest BCUT2D eigenvalue weighted by Gasteiger charge is -2.33. The van der Waals surface area contributed by atoms with E-state index < -0.39 is 10.2 Å². The first-order chi connectivity index (χ1) is 12.4. The molecule has 0 spiro atoms. The van der Waals surface area contributed by atoms with Crippen LogP contribution < -0.4 is 0 Å². The van der Waals surface area contributed by atoms with E-state index in [4.69, 9.17) is 4.98 Å². The molecule has 1 fully saturated rings. The summed E-state index contributed by atoms with van der Waals surface area (Å²) in [6, 6.07) is 13.5. The van der Waals surface area contributed by atoms with Crippen molar-refractivity contribution in [2.75, 3.05) is 27.2 Å². The number of pyridine rings is 1. The Labute approximate surface area is 155 Å². The highest BCUT2D eigenvalue weighted by molar-refractivity contribution is 7.86. The fraction of sp³-hybridized carbons (Fsp3) is 0.421. The molecule has 0 radical (unpaired) electrons. The van der Waals surface area contributed by atoms with Gasteiger partial charge in [-0.3, -0.25) is 4.98 Å². The summed E-state index contributed by atoms with van der Waals surface area (Å²) in [6.45, 7) is 0.996. The van der Waals surface area contributed by atoms with E-state index in [9.17, 15) is 13.5 Å². The van der Waals surface area contributed by atoms with Crippen LogP contribution in [0, 0.1) is 0 Å². The minimum absolute atomic E-state index is 0.00644. The molecule has 0 unspecified atom stereocenters. The van der Waals surface area contributed by atoms with Crippen molar-refractivity contribution in [3.63, 3.8) is 0 Å². The van der Waals surface area contributed by atoms with Gasteiger partial charge in [-0.25, -0.2) is 0 Å². The highest BCUT2D eigenvalue weighted by Gasteiger charge is 2.31. The third kappa shape index (κ3) is 3.96. The highest BCUT2D eigenvalue weighted by Crippen LogP contribution is 2.29. The average Bonchev–Trinajstić information content (AvgIpc) is 2.68. The summed E-state index contributed by atoms with van der Waals surface area (Å²) in [7, 11) is -0.278. The van der Waals surface area contributed by atoms with E-state index in [1.54, 1.807) is 18.4 Å². The van der Waals surface area contributed by atoms with Gasteiger partial charge < -0.3 is 5.11 Å². The van der Waals surface area contributed by atoms with Gasteiger partial charge in [-0.2, -0.15) is 17.0 Å². The third-order valence-corrected chi connectivity index (χ3v) is 6.67. The van der Waals surface area contributed by atoms with Crippen LogP contribution in [0.2, 0.25) is 0 Å². The number of piperidine rings is 1. The lowest BCUT2D eigenvalue weighted by Crippen LogP contribution is -2.45. The number of hydrogen-bond donors (Lipinski definition) is 1. The van der Waals surface area contributed by atoms with Crippen molar-refractivity contribution in [3.05, 3.63) is 53.7 Å². The number of aromatic nitrogens is 1. The number of aliphatic hydroxyl groups is 1. The minimum Gasteiger partial charge on any atom is -0.392 e. The van der Waals surface area contributed by atoms with Gasteiger partial charge in [0.05, 0.1) is 12.3 Å². The Bertz CT molecular complexity index is 868. The van der Waals surface area contributed by atoms with Crippen LogP contribution in [0.4, 0.5) is 0 Å². The van der Waals surface area contributed by atoms with Crippen LogP contribution in [0.1, 0.15) is 30.0 Å². The van der Waals surface area contributed by atoms with Crippen molar-refractivity contribution in [2.24, 2.45) is 0 Å². The first-order valence-electron chi connectivity index (χ1n) is 8.76. The topological polar surface area (TPSA) is 73.7 Å². The fourth-order valence-corrected chi connectivity index (χ4v) is 4.48. The molecule has 140 valence electrons. The van der Waals surface area contributed by atoms with Crippen LogP contribution in [0.25, 0.3) is 11.3 Å². The largest absolute Gasteiger partial charge is 0.392 e. The molecule has 1 saturated heterocycles. The number of nitrogens with zero attached hydrogens (tertiary/aromatic N) is 3. The quantitative estimate of drug-likeness (QED) is 0.870. The maximum Gasteiger partial charge on any atom is 0.281 e. The fourth-order valence-electron chi connectivity index (χ4n) is 3.29. The molecule has 1 aliphatic heterocycles. The van der Waals surface area contributed by atoms with E-state index in [1.807, 2.05) is 42.5 Å². The second-order valence-corrected chi connectivity index (χ2v) is 8.94. The third-order valence-electron chi connectivity index (χ3n) is 4.77. The minimum atomic E-state index is -3.40. The summed E-state index contributed by atoms with van der Waals surface area (Å²) in [5, 5.41) is 9.33. The molecule has 0 aliphatic carbocycles. The monoisotopic (exact) mass is 375 g/mol. The lowest BCUT2D eigenvalue weighted by molar-refractivity contribution is 0.282. The predicted molar refractivity (Wildman–Crippen MR) is 102 cm³/mol. The summed E-state index contributed by atoms with van der Waals surface area (Å²) in [6.07, 6.45) is 1.75. The molecule has 6 nitrogen and oxygen atoms in total. The highest BCUT2D eigenvalue weighted by atomic mass is 32.2. The van der Waals surface area contributed by atoms with Gasteiger partial charge in [-0.1, -0.05) is 24.3 Å². The van der Waals surface area contributed by atoms with Gasteiger partial charge in [-0.15, -0.1) is 0 Å². The molecule has 7 heteroatoms. The number of benzene rings is 1. The van der Waals surface area contributed by atoms with Crippen molar-refractivity contribution in [1.29, 1.82) is 0 Å². The normalized spacial score (nSPS) is 19.0. The molecule has 0 saturated carbocycles. The molecular formula is C19H25N3O3S. The van der Waals surface area contributed by atoms with E-state index >= 15 is 0 Å². The van der Waals surface area contributed by atoms with Crippen LogP contribution in [0.3, 0.4) is 0 Å². The SMILES string of the molecule is CN(C)S(=O)(=O)N1CCC[C@H](c2cccc(-c3cccc(CO)c3)n2)C1. The predicted octanol–water partition coefficient (Wildman–Crippen LogP) is 2.23. The maximum absolute atomic E-state index is 12.4. The van der Waals surface area contributed by atoms with E-state index in [2.05, 4.69) is 0 Å². The number of aliphatic hydroxyl groups excluding tert-OH is 1. The Morgan fingerprint density at radius 1 is 1.23 bits per heavy atom. The second-order valence-electron chi connectivity index (χ2n) is 6.79. The molecule has 1 aliphatic rings. The first-order valence-corrected chi connectivity index (χ1v) is 10.2. The molecular weight excluding hydrogens is 350 g/mol. The molecule has 1 aromatic carbocycles. The van der Waals surface area contributed by atoms with Gasteiger partial charge in [0, 0.05) is 44.4 Å². The van der Waals surface area contributed by atoms with Crippen molar-refractivity contribution in [3.8, 4) is 11.3 Å². The zero-order valence-corrected chi connectivity index (χ0v) is 16.0. The molecule has 2 heterocycles. The smallest absolute Gasteiger partial charge is 0.281 e. The Morgan fingerprint density at radius 3 is 2.73 bits per heavy atom. The summed E-state index contributed by atoms with van der Waals surface area (Å²) in [5.74, 6) is 0.0828. The van der Waals surface area contributed by atoms with Crippen LogP contribution >= 0.6 is 0 Å². The van der Waals surface area contributed by atoms with E-state index in [-0.39, 0.29) is 12.5 Å². The van der Waals surface area contributed by atoms with Gasteiger partial charge in [0.2, 0.25) is 0 Å². The molecule has 0 bridgehead atoms. The average molecular weight is 375 g/mol. The lowest BCUT2D eigenvalue weighted by atomic mass is 9.95. The zero-order valence-electron chi connectivity index (χ0n) is 15.2. The molecule has 3 rings (SSSR count). The second kappa shape index (κ2) is 7.84. The van der Waals surface area contributed by atoms with Crippen molar-refractivity contribution >= 4 is 10.2 Å². The van der Waals surface area contributed by atoms with Crippen LogP contribution in [0.15, 0.2) is 42.5 Å². The van der Waals surface area contributed by atoms with Crippen LogP contribution in [-0.2, 0) is 16.8 Å². The van der Waals surface area contributed by atoms with Crippen molar-refractivity contribution in [1.82, 2.24) is 13.6 Å². The molecule has 2 aromatic rings. The van der Waals surface area contributed by atoms with Gasteiger partial charge in [0.15, 0.2) is 0 Å². The molecule has 1 aromatic heterocycles. The molecule has 26 heavy (non-hydrogen) atoms. The standard InChI is InChI=1S/C19H25N3O3S/c1-21(2)26(24,25)22-11-5-8-17(13-22)19-10-4-9-18(20-19)16-7-3-6-15(12-16)14-23/h3-4,6-7,9-10,12,17,23H,5,8,11,13-14H2,1-2H3/t17-/m0/s1. The van der Waals surface area contributed by atoms with Gasteiger partial charge in [-0.05, 0) is 36.6 Å². The Balaban J connectivity index is 1.86. The van der Waals surface area contributed by atoms with E-state index in [1.165, 1.54) is 4.31 Å². The summed E-state index contributed by atoms with van der Waals surface area (Å²) >= 11 is 0. The van der Waals surface area contributed by atoms with Crippen molar-refractivity contribution in [2.45, 2.75) is 25.4 Å². The number of hydrogen-bond acceptors (Lipinski definition) is 4. The molecule has 1 atom stereocenters. The maximum atomic E-state index is 12.4. The van der Waals surface area contributed by atoms with E-state index in [0.717, 1.165) is 35.4 Å². The summed E-state index contributed by atoms with van der Waals surface area (Å²) in [5.41, 5.74) is 3.54. The van der Waals surface area contributed by atoms with Crippen LogP contribution in [-0.4, -0.2) is 54.3 Å². The van der Waals surface area contributed by atoms with Gasteiger partial charge in [0.25, 0.3) is 10.2 Å².